The van der Waals surface area contributed by atoms with Crippen LogP contribution in [0, 0.1) is 5.41 Å². The van der Waals surface area contributed by atoms with Gasteiger partial charge in [0.2, 0.25) is 11.8 Å². The largest absolute Gasteiger partial charge is 0.395 e. The maximum atomic E-state index is 12.2. The number of amides is 2. The van der Waals surface area contributed by atoms with Crippen molar-refractivity contribution in [1.29, 1.82) is 0 Å². The Morgan fingerprint density at radius 1 is 0.680 bits per heavy atom. The first-order valence-corrected chi connectivity index (χ1v) is 8.80. The van der Waals surface area contributed by atoms with Crippen LogP contribution in [0.2, 0.25) is 0 Å². The molecule has 0 unspecified atom stereocenters. The van der Waals surface area contributed by atoms with E-state index in [1.54, 1.807) is 0 Å². The normalized spacial score (nSPS) is 11.4. The van der Waals surface area contributed by atoms with E-state index in [2.05, 4.69) is 0 Å². The lowest BCUT2D eigenvalue weighted by atomic mass is 9.83. The van der Waals surface area contributed by atoms with E-state index in [0.717, 1.165) is 0 Å². The first-order valence-electron chi connectivity index (χ1n) is 8.80. The summed E-state index contributed by atoms with van der Waals surface area (Å²) in [5.41, 5.74) is -0.223. The Balaban J connectivity index is 4.42. The van der Waals surface area contributed by atoms with Gasteiger partial charge in [-0.1, -0.05) is 13.8 Å². The smallest absolute Gasteiger partial charge is 0.222 e. The Kier molecular flexibility index (Phi) is 12.4. The summed E-state index contributed by atoms with van der Waals surface area (Å²) in [6.07, 6.45) is 1.76. The number of hydrogen-bond donors (Lipinski definition) is 4. The summed E-state index contributed by atoms with van der Waals surface area (Å²) in [5, 5.41) is 35.9. The summed E-state index contributed by atoms with van der Waals surface area (Å²) in [6.45, 7) is 4.21. The molecule has 0 aliphatic heterocycles. The topological polar surface area (TPSA) is 122 Å². The van der Waals surface area contributed by atoms with Gasteiger partial charge in [0.05, 0.1) is 26.4 Å². The summed E-state index contributed by atoms with van der Waals surface area (Å²) < 4.78 is 0. The van der Waals surface area contributed by atoms with Crippen molar-refractivity contribution in [3.05, 3.63) is 0 Å². The summed E-state index contributed by atoms with van der Waals surface area (Å²) in [7, 11) is 0. The molecule has 0 atom stereocenters. The third-order valence-electron chi connectivity index (χ3n) is 4.22. The molecule has 4 N–H and O–H groups in total. The molecule has 8 heteroatoms. The number of hydrogen-bond acceptors (Lipinski definition) is 6. The maximum Gasteiger partial charge on any atom is 0.222 e. The lowest BCUT2D eigenvalue weighted by molar-refractivity contribution is -0.133. The molecule has 148 valence electrons. The third-order valence-corrected chi connectivity index (χ3v) is 4.22. The number of aliphatic hydroxyl groups excluding tert-OH is 4. The fourth-order valence-corrected chi connectivity index (χ4v) is 2.54. The third kappa shape index (κ3) is 10.4. The van der Waals surface area contributed by atoms with Crippen molar-refractivity contribution in [3.63, 3.8) is 0 Å². The molecule has 0 heterocycles. The number of nitrogens with zero attached hydrogens (tertiary/aromatic N) is 2. The monoisotopic (exact) mass is 362 g/mol. The highest BCUT2D eigenvalue weighted by Crippen LogP contribution is 2.29. The summed E-state index contributed by atoms with van der Waals surface area (Å²) in [6, 6.07) is 0. The summed E-state index contributed by atoms with van der Waals surface area (Å²) in [5.74, 6) is -0.241. The van der Waals surface area contributed by atoms with Crippen LogP contribution in [0.5, 0.6) is 0 Å². The van der Waals surface area contributed by atoms with Gasteiger partial charge in [0, 0.05) is 39.0 Å². The van der Waals surface area contributed by atoms with Crippen LogP contribution in [0.1, 0.15) is 39.5 Å². The van der Waals surface area contributed by atoms with Crippen LogP contribution in [-0.2, 0) is 9.59 Å². The predicted octanol–water partition coefficient (Wildman–Crippen LogP) is -0.801. The summed E-state index contributed by atoms with van der Waals surface area (Å²) in [4.78, 5) is 27.2. The minimum atomic E-state index is -0.223. The fraction of sp³-hybridized carbons (Fsp3) is 0.882. The van der Waals surface area contributed by atoms with E-state index in [-0.39, 0.29) is 82.7 Å². The van der Waals surface area contributed by atoms with Crippen molar-refractivity contribution >= 4 is 11.8 Å². The van der Waals surface area contributed by atoms with E-state index < -0.39 is 0 Å². The van der Waals surface area contributed by atoms with Gasteiger partial charge in [-0.3, -0.25) is 9.59 Å². The molecular formula is C17H34N2O6. The molecule has 0 radical (unpaired) electrons. The molecule has 0 aromatic carbocycles. The zero-order chi connectivity index (χ0) is 19.3. The van der Waals surface area contributed by atoms with Gasteiger partial charge in [-0.15, -0.1) is 0 Å². The summed E-state index contributed by atoms with van der Waals surface area (Å²) >= 11 is 0. The Morgan fingerprint density at radius 2 is 0.960 bits per heavy atom. The van der Waals surface area contributed by atoms with E-state index in [1.165, 1.54) is 9.80 Å². The molecule has 0 aliphatic carbocycles. The van der Waals surface area contributed by atoms with Crippen LogP contribution in [0.4, 0.5) is 0 Å². The minimum Gasteiger partial charge on any atom is -0.395 e. The molecule has 0 saturated carbocycles. The van der Waals surface area contributed by atoms with Gasteiger partial charge in [-0.25, -0.2) is 0 Å². The quantitative estimate of drug-likeness (QED) is 0.321. The van der Waals surface area contributed by atoms with Gasteiger partial charge in [-0.05, 0) is 18.3 Å². The maximum absolute atomic E-state index is 12.2. The SMILES string of the molecule is CC(C)(CCC(=O)N(CCO)CCO)CCC(=O)N(CCO)CCO. The van der Waals surface area contributed by atoms with Gasteiger partial charge in [0.1, 0.15) is 0 Å². The number of carbonyl (C=O) groups is 2. The zero-order valence-corrected chi connectivity index (χ0v) is 15.5. The lowest BCUT2D eigenvalue weighted by Crippen LogP contribution is -2.37. The second-order valence-corrected chi connectivity index (χ2v) is 6.82. The minimum absolute atomic E-state index is 0.121. The highest BCUT2D eigenvalue weighted by molar-refractivity contribution is 5.77. The molecule has 0 aromatic rings. The van der Waals surface area contributed by atoms with E-state index in [4.69, 9.17) is 20.4 Å². The van der Waals surface area contributed by atoms with Gasteiger partial charge < -0.3 is 30.2 Å². The lowest BCUT2D eigenvalue weighted by Gasteiger charge is -2.28. The predicted molar refractivity (Wildman–Crippen MR) is 93.8 cm³/mol. The molecule has 8 nitrogen and oxygen atoms in total. The highest BCUT2D eigenvalue weighted by Gasteiger charge is 2.23. The Hall–Kier alpha value is -1.22. The number of rotatable bonds is 14. The second kappa shape index (κ2) is 13.0. The molecule has 0 fully saturated rings. The molecule has 0 rings (SSSR count). The van der Waals surface area contributed by atoms with Crippen molar-refractivity contribution in [2.24, 2.45) is 5.41 Å². The van der Waals surface area contributed by atoms with E-state index >= 15 is 0 Å². The second-order valence-electron chi connectivity index (χ2n) is 6.82. The van der Waals surface area contributed by atoms with Gasteiger partial charge in [-0.2, -0.15) is 0 Å². The first-order chi connectivity index (χ1) is 11.8. The van der Waals surface area contributed by atoms with Crippen molar-refractivity contribution in [1.82, 2.24) is 9.80 Å². The molecule has 0 aliphatic rings. The average Bonchev–Trinajstić information content (AvgIpc) is 2.57. The molecule has 0 spiro atoms. The molecule has 0 aromatic heterocycles. The number of aliphatic hydroxyl groups is 4. The average molecular weight is 362 g/mol. The zero-order valence-electron chi connectivity index (χ0n) is 15.5. The highest BCUT2D eigenvalue weighted by atomic mass is 16.3. The van der Waals surface area contributed by atoms with Crippen molar-refractivity contribution in [2.75, 3.05) is 52.6 Å². The van der Waals surface area contributed by atoms with Crippen molar-refractivity contribution in [3.8, 4) is 0 Å². The van der Waals surface area contributed by atoms with Crippen LogP contribution < -0.4 is 0 Å². The Morgan fingerprint density at radius 3 is 1.20 bits per heavy atom. The van der Waals surface area contributed by atoms with E-state index in [9.17, 15) is 9.59 Å². The van der Waals surface area contributed by atoms with E-state index in [1.807, 2.05) is 13.8 Å². The van der Waals surface area contributed by atoms with Crippen molar-refractivity contribution < 1.29 is 30.0 Å². The first kappa shape index (κ1) is 23.8. The van der Waals surface area contributed by atoms with Crippen LogP contribution >= 0.6 is 0 Å². The van der Waals surface area contributed by atoms with Crippen LogP contribution in [0.25, 0.3) is 0 Å². The molecule has 25 heavy (non-hydrogen) atoms. The molecule has 2 amide bonds. The molecular weight excluding hydrogens is 328 g/mol. The van der Waals surface area contributed by atoms with Crippen molar-refractivity contribution in [2.45, 2.75) is 39.5 Å². The van der Waals surface area contributed by atoms with Crippen LogP contribution in [-0.4, -0.2) is 94.6 Å². The Labute approximate surface area is 150 Å². The van der Waals surface area contributed by atoms with Crippen LogP contribution in [0.3, 0.4) is 0 Å². The van der Waals surface area contributed by atoms with Gasteiger partial charge in [0.25, 0.3) is 0 Å². The van der Waals surface area contributed by atoms with Crippen LogP contribution in [0.15, 0.2) is 0 Å². The Bertz CT molecular complexity index is 343. The number of carbonyl (C=O) groups excluding carboxylic acids is 2. The van der Waals surface area contributed by atoms with Gasteiger partial charge >= 0.3 is 0 Å². The van der Waals surface area contributed by atoms with E-state index in [0.29, 0.717) is 12.8 Å². The van der Waals surface area contributed by atoms with Gasteiger partial charge in [0.15, 0.2) is 0 Å². The molecule has 0 saturated heterocycles. The fourth-order valence-electron chi connectivity index (χ4n) is 2.54. The standard InChI is InChI=1S/C17H34N2O6/c1-17(2,5-3-15(24)18(7-11-20)8-12-21)6-4-16(25)19(9-13-22)10-14-23/h20-23H,3-14H2,1-2H3. The molecule has 0 bridgehead atoms.